The highest BCUT2D eigenvalue weighted by atomic mass is 32.2. The number of carbonyl (C=O) groups is 1. The highest BCUT2D eigenvalue weighted by molar-refractivity contribution is 7.99. The van der Waals surface area contributed by atoms with Gasteiger partial charge in [0.2, 0.25) is 0 Å². The summed E-state index contributed by atoms with van der Waals surface area (Å²) in [6.45, 7) is 6.50. The van der Waals surface area contributed by atoms with Crippen molar-refractivity contribution in [3.8, 4) is 5.75 Å². The van der Waals surface area contributed by atoms with Crippen LogP contribution in [-0.4, -0.2) is 10.9 Å². The second-order valence-corrected chi connectivity index (χ2v) is 10.5. The van der Waals surface area contributed by atoms with Gasteiger partial charge in [-0.05, 0) is 72.6 Å². The molecule has 1 atom stereocenters. The number of aromatic hydroxyl groups is 1. The summed E-state index contributed by atoms with van der Waals surface area (Å²) in [6.07, 6.45) is 6.75. The SMILES string of the molecule is Cc1ccc(C(C)C)c(Sc2c(O)cccc2C2(CCc3ccccc3)CC=CC(=O)C2)c1. The maximum absolute atomic E-state index is 12.6. The molecule has 0 amide bonds. The van der Waals surface area contributed by atoms with E-state index < -0.39 is 0 Å². The third kappa shape index (κ3) is 5.25. The van der Waals surface area contributed by atoms with Crippen molar-refractivity contribution in [2.45, 2.75) is 67.6 Å². The molecule has 0 spiro atoms. The van der Waals surface area contributed by atoms with E-state index in [0.29, 0.717) is 12.3 Å². The molecule has 3 aromatic carbocycles. The largest absolute Gasteiger partial charge is 0.507 e. The van der Waals surface area contributed by atoms with E-state index in [1.54, 1.807) is 23.9 Å². The number of aryl methyl sites for hydroxylation is 2. The van der Waals surface area contributed by atoms with Crippen LogP contribution in [0.15, 0.2) is 88.7 Å². The quantitative estimate of drug-likeness (QED) is 0.395. The van der Waals surface area contributed by atoms with Crippen molar-refractivity contribution in [2.75, 3.05) is 0 Å². The zero-order valence-electron chi connectivity index (χ0n) is 19.7. The van der Waals surface area contributed by atoms with Gasteiger partial charge in [0.25, 0.3) is 0 Å². The number of allylic oxidation sites excluding steroid dienone is 2. The fourth-order valence-corrected chi connectivity index (χ4v) is 6.26. The lowest BCUT2D eigenvalue weighted by molar-refractivity contribution is -0.116. The zero-order chi connectivity index (χ0) is 23.4. The molecule has 0 fully saturated rings. The van der Waals surface area contributed by atoms with Crippen LogP contribution in [0.5, 0.6) is 5.75 Å². The minimum absolute atomic E-state index is 0.159. The van der Waals surface area contributed by atoms with Crippen molar-refractivity contribution in [3.05, 3.63) is 101 Å². The number of benzene rings is 3. The number of hydrogen-bond donors (Lipinski definition) is 1. The van der Waals surface area contributed by atoms with Crippen molar-refractivity contribution in [3.63, 3.8) is 0 Å². The maximum atomic E-state index is 12.6. The molecule has 0 radical (unpaired) electrons. The topological polar surface area (TPSA) is 37.3 Å². The summed E-state index contributed by atoms with van der Waals surface area (Å²) in [5.74, 6) is 0.829. The summed E-state index contributed by atoms with van der Waals surface area (Å²) >= 11 is 1.64. The van der Waals surface area contributed by atoms with Crippen molar-refractivity contribution in [2.24, 2.45) is 0 Å². The Morgan fingerprint density at radius 2 is 1.82 bits per heavy atom. The molecule has 0 saturated heterocycles. The fourth-order valence-electron chi connectivity index (χ4n) is 4.81. The number of carbonyl (C=O) groups excluding carboxylic acids is 1. The van der Waals surface area contributed by atoms with Gasteiger partial charge in [-0.15, -0.1) is 0 Å². The van der Waals surface area contributed by atoms with E-state index in [0.717, 1.165) is 29.7 Å². The Kier molecular flexibility index (Phi) is 7.09. The Balaban J connectivity index is 1.78. The van der Waals surface area contributed by atoms with E-state index in [1.165, 1.54) is 21.6 Å². The Morgan fingerprint density at radius 1 is 1.03 bits per heavy atom. The third-order valence-electron chi connectivity index (χ3n) is 6.63. The molecule has 4 rings (SSSR count). The number of phenolic OH excluding ortho intramolecular Hbond substituents is 1. The van der Waals surface area contributed by atoms with Gasteiger partial charge in [0.15, 0.2) is 5.78 Å². The molecule has 1 aliphatic rings. The number of phenols is 1. The normalized spacial score (nSPS) is 18.1. The Hall–Kier alpha value is -2.78. The van der Waals surface area contributed by atoms with Gasteiger partial charge < -0.3 is 5.11 Å². The molecule has 1 unspecified atom stereocenters. The van der Waals surface area contributed by atoms with Crippen molar-refractivity contribution >= 4 is 17.5 Å². The number of rotatable bonds is 7. The van der Waals surface area contributed by atoms with E-state index >= 15 is 0 Å². The summed E-state index contributed by atoms with van der Waals surface area (Å²) < 4.78 is 0. The van der Waals surface area contributed by atoms with Crippen molar-refractivity contribution in [1.82, 2.24) is 0 Å². The molecule has 3 heteroatoms. The Bertz CT molecular complexity index is 1160. The maximum Gasteiger partial charge on any atom is 0.156 e. The smallest absolute Gasteiger partial charge is 0.156 e. The fraction of sp³-hybridized carbons (Fsp3) is 0.300. The molecule has 170 valence electrons. The first-order valence-corrected chi connectivity index (χ1v) is 12.5. The molecule has 2 nitrogen and oxygen atoms in total. The van der Waals surface area contributed by atoms with Crippen LogP contribution in [-0.2, 0) is 16.6 Å². The molecule has 1 N–H and O–H groups in total. The summed E-state index contributed by atoms with van der Waals surface area (Å²) in [6, 6.07) is 22.8. The summed E-state index contributed by atoms with van der Waals surface area (Å²) in [5, 5.41) is 11.0. The van der Waals surface area contributed by atoms with Gasteiger partial charge in [0, 0.05) is 16.7 Å². The van der Waals surface area contributed by atoms with Crippen LogP contribution in [0.3, 0.4) is 0 Å². The first-order chi connectivity index (χ1) is 15.9. The van der Waals surface area contributed by atoms with Crippen molar-refractivity contribution in [1.29, 1.82) is 0 Å². The molecule has 33 heavy (non-hydrogen) atoms. The standard InChI is InChI=1S/C30H32O2S/c1-21(2)25-15-14-22(3)19-28(25)33-29-26(12-7-13-27(29)32)30(17-8-11-24(31)20-30)18-16-23-9-5-4-6-10-23/h4-15,19,21,32H,16-18,20H2,1-3H3. The van der Waals surface area contributed by atoms with Crippen LogP contribution in [0.25, 0.3) is 0 Å². The van der Waals surface area contributed by atoms with Gasteiger partial charge in [0.1, 0.15) is 5.75 Å². The highest BCUT2D eigenvalue weighted by Gasteiger charge is 2.37. The van der Waals surface area contributed by atoms with Gasteiger partial charge in [-0.2, -0.15) is 0 Å². The van der Waals surface area contributed by atoms with Crippen LogP contribution < -0.4 is 0 Å². The first-order valence-electron chi connectivity index (χ1n) is 11.7. The second kappa shape index (κ2) is 10.0. The molecular formula is C30H32O2S. The van der Waals surface area contributed by atoms with Crippen LogP contribution in [0.1, 0.15) is 61.3 Å². The van der Waals surface area contributed by atoms with E-state index in [1.807, 2.05) is 18.2 Å². The Labute approximate surface area is 201 Å². The van der Waals surface area contributed by atoms with Gasteiger partial charge >= 0.3 is 0 Å². The van der Waals surface area contributed by atoms with Crippen LogP contribution in [0.2, 0.25) is 0 Å². The van der Waals surface area contributed by atoms with Gasteiger partial charge in [0.05, 0.1) is 4.90 Å². The minimum Gasteiger partial charge on any atom is -0.507 e. The summed E-state index contributed by atoms with van der Waals surface area (Å²) in [4.78, 5) is 14.7. The van der Waals surface area contributed by atoms with Gasteiger partial charge in [-0.1, -0.05) is 86.3 Å². The van der Waals surface area contributed by atoms with Crippen molar-refractivity contribution < 1.29 is 9.90 Å². The third-order valence-corrected chi connectivity index (χ3v) is 7.84. The van der Waals surface area contributed by atoms with E-state index in [-0.39, 0.29) is 16.9 Å². The average molecular weight is 457 g/mol. The lowest BCUT2D eigenvalue weighted by Crippen LogP contribution is -2.32. The number of ketones is 1. The first kappa shape index (κ1) is 23.4. The Morgan fingerprint density at radius 3 is 2.55 bits per heavy atom. The summed E-state index contributed by atoms with van der Waals surface area (Å²) in [7, 11) is 0. The molecule has 3 aromatic rings. The monoisotopic (exact) mass is 456 g/mol. The molecule has 0 aliphatic heterocycles. The molecule has 1 aliphatic carbocycles. The van der Waals surface area contributed by atoms with Crippen LogP contribution >= 0.6 is 11.8 Å². The molecule has 0 bridgehead atoms. The van der Waals surface area contributed by atoms with Crippen LogP contribution in [0.4, 0.5) is 0 Å². The van der Waals surface area contributed by atoms with E-state index in [9.17, 15) is 9.90 Å². The second-order valence-electron chi connectivity index (χ2n) is 9.47. The molecule has 0 saturated carbocycles. The molecule has 0 heterocycles. The molecular weight excluding hydrogens is 424 g/mol. The van der Waals surface area contributed by atoms with Crippen LogP contribution in [0, 0.1) is 6.92 Å². The minimum atomic E-state index is -0.329. The average Bonchev–Trinajstić information content (AvgIpc) is 2.79. The number of hydrogen-bond acceptors (Lipinski definition) is 3. The van der Waals surface area contributed by atoms with Gasteiger partial charge in [-0.3, -0.25) is 4.79 Å². The predicted octanol–water partition coefficient (Wildman–Crippen LogP) is 7.76. The lowest BCUT2D eigenvalue weighted by Gasteiger charge is -2.37. The lowest BCUT2D eigenvalue weighted by atomic mass is 9.68. The zero-order valence-corrected chi connectivity index (χ0v) is 20.5. The highest BCUT2D eigenvalue weighted by Crippen LogP contribution is 2.49. The predicted molar refractivity (Wildman–Crippen MR) is 137 cm³/mol. The van der Waals surface area contributed by atoms with Gasteiger partial charge in [-0.25, -0.2) is 0 Å². The van der Waals surface area contributed by atoms with E-state index in [2.05, 4.69) is 69.3 Å². The summed E-state index contributed by atoms with van der Waals surface area (Å²) in [5.41, 5.74) is 4.50. The molecule has 0 aromatic heterocycles. The van der Waals surface area contributed by atoms with E-state index in [4.69, 9.17) is 0 Å².